The van der Waals surface area contributed by atoms with E-state index in [0.29, 0.717) is 0 Å². The van der Waals surface area contributed by atoms with Crippen LogP contribution in [0.2, 0.25) is 0 Å². The van der Waals surface area contributed by atoms with E-state index >= 15 is 0 Å². The predicted octanol–water partition coefficient (Wildman–Crippen LogP) is 14.1. The lowest BCUT2D eigenvalue weighted by atomic mass is 10.0. The molecule has 0 aliphatic rings. The molecule has 7 aromatic rings. The summed E-state index contributed by atoms with van der Waals surface area (Å²) in [6, 6.07) is 34.9. The molecule has 0 unspecified atom stereocenters. The second-order valence-electron chi connectivity index (χ2n) is 14.6. The van der Waals surface area contributed by atoms with E-state index in [9.17, 15) is 4.39 Å². The molecule has 7 rings (SSSR count). The van der Waals surface area contributed by atoms with Crippen LogP contribution in [-0.4, -0.2) is 9.13 Å². The van der Waals surface area contributed by atoms with Crippen molar-refractivity contribution in [1.29, 1.82) is 0 Å². The molecular weight excluding hydrogens is 612 g/mol. The molecule has 258 valence electrons. The zero-order valence-electron chi connectivity index (χ0n) is 30.4. The first-order valence-corrected chi connectivity index (χ1v) is 19.4. The molecule has 2 nitrogen and oxygen atoms in total. The van der Waals surface area contributed by atoms with Crippen molar-refractivity contribution in [2.45, 2.75) is 111 Å². The first kappa shape index (κ1) is 34.1. The third-order valence-corrected chi connectivity index (χ3v) is 10.8. The van der Waals surface area contributed by atoms with Gasteiger partial charge in [-0.1, -0.05) is 114 Å². The van der Waals surface area contributed by atoms with E-state index in [0.717, 1.165) is 51.5 Å². The lowest BCUT2D eigenvalue weighted by molar-refractivity contribution is 0.607. The molecule has 0 spiro atoms. The van der Waals surface area contributed by atoms with Crippen LogP contribution in [0.25, 0.3) is 55.0 Å². The third kappa shape index (κ3) is 7.11. The first-order chi connectivity index (χ1) is 24.6. The summed E-state index contributed by atoms with van der Waals surface area (Å²) in [5.74, 6) is -0.206. The van der Waals surface area contributed by atoms with Gasteiger partial charge in [-0.05, 0) is 110 Å². The Morgan fingerprint density at radius 2 is 0.840 bits per heavy atom. The van der Waals surface area contributed by atoms with Gasteiger partial charge in [-0.25, -0.2) is 4.39 Å². The smallest absolute Gasteiger partial charge is 0.123 e. The Balaban J connectivity index is 1.27. The number of rotatable bonds is 16. The highest BCUT2D eigenvalue weighted by Crippen LogP contribution is 2.40. The number of aromatic nitrogens is 2. The molecule has 5 aromatic carbocycles. The van der Waals surface area contributed by atoms with Crippen LogP contribution in [0.4, 0.5) is 4.39 Å². The summed E-state index contributed by atoms with van der Waals surface area (Å²) >= 11 is 0. The molecule has 2 heterocycles. The Hall–Kier alpha value is -4.37. The molecule has 0 aliphatic carbocycles. The van der Waals surface area contributed by atoms with Crippen molar-refractivity contribution in [2.75, 3.05) is 0 Å². The second-order valence-corrected chi connectivity index (χ2v) is 14.6. The maximum atomic E-state index is 14.9. The van der Waals surface area contributed by atoms with Crippen LogP contribution in [-0.2, 0) is 12.8 Å². The molecule has 0 radical (unpaired) electrons. The van der Waals surface area contributed by atoms with Crippen LogP contribution >= 0.6 is 0 Å². The van der Waals surface area contributed by atoms with Crippen LogP contribution < -0.4 is 0 Å². The highest BCUT2D eigenvalue weighted by molar-refractivity contribution is 6.19. The quantitative estimate of drug-likeness (QED) is 0.0910. The van der Waals surface area contributed by atoms with E-state index in [1.54, 1.807) is 12.1 Å². The molecule has 50 heavy (non-hydrogen) atoms. The number of halogens is 1. The summed E-state index contributed by atoms with van der Waals surface area (Å²) in [5, 5.41) is 4.48. The highest BCUT2D eigenvalue weighted by atomic mass is 19.1. The summed E-state index contributed by atoms with van der Waals surface area (Å²) in [6.07, 6.45) is 18.0. The van der Waals surface area contributed by atoms with Crippen molar-refractivity contribution >= 4 is 43.6 Å². The van der Waals surface area contributed by atoms with Gasteiger partial charge in [-0.15, -0.1) is 0 Å². The molecule has 0 aliphatic heterocycles. The monoisotopic (exact) mass is 664 g/mol. The molecule has 0 amide bonds. The topological polar surface area (TPSA) is 9.86 Å². The Morgan fingerprint density at radius 3 is 1.34 bits per heavy atom. The summed E-state index contributed by atoms with van der Waals surface area (Å²) in [6.45, 7) is 6.72. The van der Waals surface area contributed by atoms with Crippen molar-refractivity contribution in [2.24, 2.45) is 0 Å². The van der Waals surface area contributed by atoms with Crippen molar-refractivity contribution in [3.05, 3.63) is 120 Å². The van der Waals surface area contributed by atoms with Gasteiger partial charge < -0.3 is 9.13 Å². The van der Waals surface area contributed by atoms with E-state index in [-0.39, 0.29) is 5.82 Å². The molecule has 0 fully saturated rings. The number of hydrogen-bond donors (Lipinski definition) is 0. The molecule has 2 aromatic heterocycles. The average Bonchev–Trinajstić information content (AvgIpc) is 3.62. The van der Waals surface area contributed by atoms with Gasteiger partial charge in [0.1, 0.15) is 5.82 Å². The maximum Gasteiger partial charge on any atom is 0.123 e. The Labute approximate surface area is 297 Å². The molecular formula is C47H53FN2. The molecule has 0 saturated heterocycles. The normalized spacial score (nSPS) is 11.9. The minimum absolute atomic E-state index is 0.206. The molecule has 0 saturated carbocycles. The van der Waals surface area contributed by atoms with Crippen molar-refractivity contribution in [3.8, 4) is 11.4 Å². The second kappa shape index (κ2) is 15.7. The highest BCUT2D eigenvalue weighted by Gasteiger charge is 2.19. The number of unbranched alkanes of at least 4 members (excludes halogenated alkanes) is 10. The lowest BCUT2D eigenvalue weighted by Crippen LogP contribution is -1.96. The van der Waals surface area contributed by atoms with E-state index in [1.165, 1.54) is 110 Å². The number of benzene rings is 5. The van der Waals surface area contributed by atoms with Gasteiger partial charge in [-0.3, -0.25) is 0 Å². The molecule has 0 N–H and O–H groups in total. The molecule has 0 bridgehead atoms. The van der Waals surface area contributed by atoms with E-state index in [2.05, 4.69) is 109 Å². The van der Waals surface area contributed by atoms with Gasteiger partial charge in [0.05, 0.1) is 22.1 Å². The zero-order valence-corrected chi connectivity index (χ0v) is 30.4. The standard InChI is InChI=1S/C47H53FN2/c1-4-6-8-10-12-14-16-35-19-24-38(25-20-35)49-44-28-18-34(3)30-40(44)42-32-47-43(33-46(42)49)41-31-37(48)23-29-45(41)50(47)39-26-21-36(22-27-39)17-15-13-11-9-7-5-2/h18-33H,4-17H2,1-3H3. The summed E-state index contributed by atoms with van der Waals surface area (Å²) in [5.41, 5.74) is 10.8. The number of fused-ring (bicyclic) bond motifs is 6. The fraction of sp³-hybridized carbons (Fsp3) is 0.362. The molecule has 0 atom stereocenters. The van der Waals surface area contributed by atoms with Gasteiger partial charge in [0.25, 0.3) is 0 Å². The minimum atomic E-state index is -0.206. The Kier molecular flexibility index (Phi) is 10.7. The number of aryl methyl sites for hydroxylation is 3. The Bertz CT molecular complexity index is 2040. The van der Waals surface area contributed by atoms with E-state index in [1.807, 2.05) is 6.07 Å². The van der Waals surface area contributed by atoms with Crippen molar-refractivity contribution in [1.82, 2.24) is 9.13 Å². The van der Waals surface area contributed by atoms with Gasteiger partial charge in [0.2, 0.25) is 0 Å². The van der Waals surface area contributed by atoms with Gasteiger partial charge in [0, 0.05) is 32.9 Å². The number of hydrogen-bond acceptors (Lipinski definition) is 0. The van der Waals surface area contributed by atoms with Crippen LogP contribution in [0.5, 0.6) is 0 Å². The number of nitrogens with zero attached hydrogens (tertiary/aromatic N) is 2. The van der Waals surface area contributed by atoms with Crippen LogP contribution in [0.1, 0.15) is 108 Å². The fourth-order valence-electron chi connectivity index (χ4n) is 8.02. The minimum Gasteiger partial charge on any atom is -0.309 e. The summed E-state index contributed by atoms with van der Waals surface area (Å²) in [7, 11) is 0. The zero-order chi connectivity index (χ0) is 34.5. The van der Waals surface area contributed by atoms with Gasteiger partial charge in [0.15, 0.2) is 0 Å². The summed E-state index contributed by atoms with van der Waals surface area (Å²) < 4.78 is 19.6. The van der Waals surface area contributed by atoms with Crippen LogP contribution in [0.3, 0.4) is 0 Å². The van der Waals surface area contributed by atoms with Crippen molar-refractivity contribution < 1.29 is 4.39 Å². The van der Waals surface area contributed by atoms with Gasteiger partial charge >= 0.3 is 0 Å². The van der Waals surface area contributed by atoms with Gasteiger partial charge in [-0.2, -0.15) is 0 Å². The summed E-state index contributed by atoms with van der Waals surface area (Å²) in [4.78, 5) is 0. The van der Waals surface area contributed by atoms with Crippen LogP contribution in [0.15, 0.2) is 97.1 Å². The van der Waals surface area contributed by atoms with Crippen LogP contribution in [0, 0.1) is 12.7 Å². The largest absolute Gasteiger partial charge is 0.309 e. The molecule has 3 heteroatoms. The Morgan fingerprint density at radius 1 is 0.420 bits per heavy atom. The van der Waals surface area contributed by atoms with E-state index in [4.69, 9.17) is 0 Å². The van der Waals surface area contributed by atoms with Crippen molar-refractivity contribution in [3.63, 3.8) is 0 Å². The SMILES string of the molecule is CCCCCCCCc1ccc(-n2c3ccc(C)cc3c3cc4c(cc32)c2cc(F)ccc2n4-c2ccc(CCCCCCCC)cc2)cc1. The van der Waals surface area contributed by atoms with E-state index < -0.39 is 0 Å². The lowest BCUT2D eigenvalue weighted by Gasteiger charge is -2.11. The first-order valence-electron chi connectivity index (χ1n) is 19.4. The average molecular weight is 665 g/mol. The predicted molar refractivity (Wildman–Crippen MR) is 214 cm³/mol. The third-order valence-electron chi connectivity index (χ3n) is 10.8. The maximum absolute atomic E-state index is 14.9. The fourth-order valence-corrected chi connectivity index (χ4v) is 8.02.